The van der Waals surface area contributed by atoms with Gasteiger partial charge in [0.1, 0.15) is 5.58 Å². The molecule has 22 aromatic carbocycles. The quantitative estimate of drug-likeness (QED) is 0.102. The summed E-state index contributed by atoms with van der Waals surface area (Å²) in [5.74, 6) is 2.83. The molecule has 0 saturated carbocycles. The molecular formula is C139H109N7O. The highest BCUT2D eigenvalue weighted by Gasteiger charge is 2.30. The number of hydrogen-bond acceptors (Lipinski definition) is 5. The van der Waals surface area contributed by atoms with E-state index in [0.717, 1.165) is 67.4 Å². The van der Waals surface area contributed by atoms with Gasteiger partial charge in [0, 0.05) is 121 Å². The first kappa shape index (κ1) is 88.4. The van der Waals surface area contributed by atoms with E-state index in [1.165, 1.54) is 218 Å². The monoisotopic (exact) mass is 1890 g/mol. The molecule has 147 heavy (non-hydrogen) atoms. The fourth-order valence-electron chi connectivity index (χ4n) is 23.9. The highest BCUT2D eigenvalue weighted by atomic mass is 16.3. The minimum atomic E-state index is 0.463. The molecule has 0 spiro atoms. The lowest BCUT2D eigenvalue weighted by Gasteiger charge is -2.26. The number of furan rings is 1. The smallest absolute Gasteiger partial charge is 0.159 e. The third-order valence-electron chi connectivity index (χ3n) is 31.7. The van der Waals surface area contributed by atoms with Crippen LogP contribution in [0.5, 0.6) is 0 Å². The van der Waals surface area contributed by atoms with Crippen LogP contribution in [0.1, 0.15) is 158 Å². The van der Waals surface area contributed by atoms with E-state index in [1.54, 1.807) is 0 Å². The molecule has 0 saturated heterocycles. The zero-order chi connectivity index (χ0) is 99.3. The Labute approximate surface area is 853 Å². The minimum absolute atomic E-state index is 0.463. The van der Waals surface area contributed by atoms with Gasteiger partial charge in [0.05, 0.1) is 67.0 Å². The summed E-state index contributed by atoms with van der Waals surface area (Å²) in [4.78, 5) is 7.10. The normalized spacial score (nSPS) is 12.3. The van der Waals surface area contributed by atoms with Gasteiger partial charge < -0.3 is 32.3 Å². The molecule has 0 bridgehead atoms. The van der Waals surface area contributed by atoms with E-state index in [4.69, 9.17) is 4.42 Å². The van der Waals surface area contributed by atoms with Crippen molar-refractivity contribution in [1.29, 1.82) is 5.26 Å². The molecule has 29 aromatic rings. The number of benzene rings is 22. The number of rotatable bonds is 15. The van der Waals surface area contributed by atoms with Crippen molar-refractivity contribution in [3.05, 3.63) is 445 Å². The fraction of sp³-hybridized carbons (Fsp3) is 0.129. The molecule has 0 N–H and O–H groups in total. The molecule has 0 aliphatic rings. The highest BCUT2D eigenvalue weighted by molar-refractivity contribution is 6.31. The number of anilines is 9. The molecule has 8 nitrogen and oxygen atoms in total. The van der Waals surface area contributed by atoms with E-state index >= 15 is 0 Å². The maximum absolute atomic E-state index is 9.54. The van der Waals surface area contributed by atoms with Crippen molar-refractivity contribution in [2.24, 2.45) is 0 Å². The third kappa shape index (κ3) is 14.4. The predicted octanol–water partition coefficient (Wildman–Crippen LogP) is 40.4. The molecule has 0 aliphatic carbocycles. The van der Waals surface area contributed by atoms with Crippen molar-refractivity contribution in [2.75, 3.05) is 14.7 Å². The van der Waals surface area contributed by atoms with Gasteiger partial charge in [-0.2, -0.15) is 5.26 Å². The van der Waals surface area contributed by atoms with Gasteiger partial charge in [-0.05, 0) is 328 Å². The Hall–Kier alpha value is -17.5. The summed E-state index contributed by atoms with van der Waals surface area (Å²) in [6.45, 7) is 27.2. The van der Waals surface area contributed by atoms with Crippen molar-refractivity contribution in [1.82, 2.24) is 13.2 Å². The predicted molar refractivity (Wildman–Crippen MR) is 629 cm³/mol. The molecule has 0 amide bonds. The molecule has 0 aliphatic heterocycles. The Kier molecular flexibility index (Phi) is 20.7. The number of para-hydroxylation sites is 6. The second-order valence-corrected chi connectivity index (χ2v) is 42.7. The van der Waals surface area contributed by atoms with Crippen LogP contribution < -0.4 is 14.7 Å². The van der Waals surface area contributed by atoms with Crippen molar-refractivity contribution in [2.45, 2.75) is 119 Å². The summed E-state index contributed by atoms with van der Waals surface area (Å²) in [7, 11) is 0. The van der Waals surface area contributed by atoms with Crippen LogP contribution in [0.3, 0.4) is 0 Å². The Morgan fingerprint density at radius 1 is 0.197 bits per heavy atom. The van der Waals surface area contributed by atoms with Crippen LogP contribution in [0, 0.1) is 11.3 Å². The van der Waals surface area contributed by atoms with E-state index in [-0.39, 0.29) is 0 Å². The number of aromatic nitrogens is 3. The zero-order valence-corrected chi connectivity index (χ0v) is 84.7. The van der Waals surface area contributed by atoms with Crippen molar-refractivity contribution >= 4 is 252 Å². The molecular weight excluding hydrogens is 1780 g/mol. The third-order valence-corrected chi connectivity index (χ3v) is 31.7. The molecule has 7 aromatic heterocycles. The largest absolute Gasteiger partial charge is 0.454 e. The topological polar surface area (TPSA) is 59.9 Å². The van der Waals surface area contributed by atoms with Gasteiger partial charge in [0.25, 0.3) is 0 Å². The summed E-state index contributed by atoms with van der Waals surface area (Å²) < 4.78 is 14.2. The van der Waals surface area contributed by atoms with Gasteiger partial charge in [-0.3, -0.25) is 0 Å². The molecule has 0 radical (unpaired) electrons. The maximum Gasteiger partial charge on any atom is 0.159 e. The first-order chi connectivity index (χ1) is 71.7. The summed E-state index contributed by atoms with van der Waals surface area (Å²) in [6.07, 6.45) is 0. The van der Waals surface area contributed by atoms with Gasteiger partial charge in [0.15, 0.2) is 5.58 Å². The van der Waals surface area contributed by atoms with Crippen molar-refractivity contribution in [3.8, 4) is 6.07 Å². The summed E-state index contributed by atoms with van der Waals surface area (Å²) in [5, 5.41) is 42.3. The summed E-state index contributed by atoms with van der Waals surface area (Å²) in [5.41, 5.74) is 31.8. The van der Waals surface area contributed by atoms with E-state index in [9.17, 15) is 5.26 Å². The number of nitrogens with zero attached hydrogens (tertiary/aromatic N) is 7. The summed E-state index contributed by atoms with van der Waals surface area (Å²) in [6, 6.07) is 153. The number of nitriles is 1. The average Bonchev–Trinajstić information content (AvgIpc) is 1.53. The van der Waals surface area contributed by atoms with Gasteiger partial charge >= 0.3 is 0 Å². The van der Waals surface area contributed by atoms with E-state index in [2.05, 4.69) is 493 Å². The first-order valence-electron chi connectivity index (χ1n) is 52.2. The standard InChI is InChI=1S/C50H38N2O.C45H35N3.C44H36N2/c1-29(2)31-17-19-33-25-46-41(23-35(33)21-31)43-27-38(28-44-42-24-36-22-32(30(3)4)18-20-34(36)26-47(42)52(46)49(43)44)51(37-11-6-5-7-12-37)45-15-10-14-40-39-13-8-9-16-48(39)53-50(40)45;1-27(2)30-12-14-32-22-43-39(20-34(32)18-30)41-24-38(47(36-8-6-5-7-9-36)37-16-10-29(26-46)11-17-37)25-42-40-21-35-19-31(28(3)4)13-15-33(35)23-44(40)48(43)45(41)42;1-27(2)29-15-17-31-23-42-38(21-33(31)19-29)40-25-37(45(35-11-7-5-8-12-35)36-13-9-6-10-14-36)26-41-39-22-34-20-30(28(3)4)16-18-32(34)24-43(39)46(42)44(40)41/h5-30H,1-4H3;5-25,27-28H,1-4H3;5-28H,1-4H3. The van der Waals surface area contributed by atoms with Gasteiger partial charge in [-0.1, -0.05) is 295 Å². The number of fused-ring (bicyclic) bond motifs is 27. The summed E-state index contributed by atoms with van der Waals surface area (Å²) >= 11 is 0. The van der Waals surface area contributed by atoms with Crippen molar-refractivity contribution in [3.63, 3.8) is 0 Å². The van der Waals surface area contributed by atoms with Gasteiger partial charge in [-0.15, -0.1) is 0 Å². The van der Waals surface area contributed by atoms with E-state index in [0.29, 0.717) is 41.1 Å². The Balaban J connectivity index is 0.000000109. The average molecular weight is 1890 g/mol. The lowest BCUT2D eigenvalue weighted by molar-refractivity contribution is 0.669. The van der Waals surface area contributed by atoms with Crippen LogP contribution in [-0.4, -0.2) is 13.2 Å². The lowest BCUT2D eigenvalue weighted by Crippen LogP contribution is -2.10. The highest BCUT2D eigenvalue weighted by Crippen LogP contribution is 2.54. The molecule has 8 heteroatoms. The van der Waals surface area contributed by atoms with Crippen LogP contribution in [0.2, 0.25) is 0 Å². The Morgan fingerprint density at radius 3 is 0.714 bits per heavy atom. The second-order valence-electron chi connectivity index (χ2n) is 42.7. The van der Waals surface area contributed by atoms with Crippen molar-refractivity contribution < 1.29 is 4.42 Å². The fourth-order valence-corrected chi connectivity index (χ4v) is 23.9. The van der Waals surface area contributed by atoms with Crippen LogP contribution in [0.25, 0.3) is 201 Å². The van der Waals surface area contributed by atoms with Crippen LogP contribution in [0.4, 0.5) is 51.2 Å². The van der Waals surface area contributed by atoms with Gasteiger partial charge in [-0.25, -0.2) is 0 Å². The number of hydrogen-bond donors (Lipinski definition) is 0. The Bertz CT molecular complexity index is 9970. The molecule has 0 fully saturated rings. The van der Waals surface area contributed by atoms with Crippen LogP contribution >= 0.6 is 0 Å². The maximum atomic E-state index is 9.54. The van der Waals surface area contributed by atoms with E-state index < -0.39 is 0 Å². The Morgan fingerprint density at radius 2 is 0.442 bits per heavy atom. The van der Waals surface area contributed by atoms with Gasteiger partial charge in [0.2, 0.25) is 0 Å². The van der Waals surface area contributed by atoms with Crippen LogP contribution in [0.15, 0.2) is 411 Å². The lowest BCUT2D eigenvalue weighted by atomic mass is 9.96. The minimum Gasteiger partial charge on any atom is -0.454 e. The zero-order valence-electron chi connectivity index (χ0n) is 84.7. The molecule has 0 atom stereocenters. The SMILES string of the molecule is CC(C)c1ccc2cc3c(cc2c1)c1cc(N(c2ccccc2)c2ccc(C#N)cc2)cc2c4cc5cc(C(C)C)ccc5cc4n3c12.CC(C)c1ccc2cc3c(cc2c1)c1cc(N(c2ccccc2)c2cccc4c2oc2ccccc24)cc2c4cc5cc(C(C)C)ccc5cc4n3c12.CC(C)c1ccc2cc3c(cc2c1)c1cc(N(c2ccccc2)c2ccccc2)cc2c4cc5cc(C(C)C)ccc5cc4n3c12. The molecule has 0 unspecified atom stereocenters. The molecule has 29 rings (SSSR count). The van der Waals surface area contributed by atoms with E-state index in [1.807, 2.05) is 30.3 Å². The second kappa shape index (κ2) is 34.4. The van der Waals surface area contributed by atoms with Crippen LogP contribution in [-0.2, 0) is 0 Å². The molecule has 706 valence electrons. The first-order valence-corrected chi connectivity index (χ1v) is 52.2. The molecule has 7 heterocycles.